The number of piperazine rings is 1. The van der Waals surface area contributed by atoms with E-state index >= 15 is 0 Å². The molecule has 9 heteroatoms. The number of hydrogen-bond acceptors (Lipinski definition) is 4. The van der Waals surface area contributed by atoms with E-state index in [-0.39, 0.29) is 11.8 Å². The number of nitrogens with one attached hydrogen (secondary N) is 2. The Kier molecular flexibility index (Phi) is 6.61. The quantitative estimate of drug-likeness (QED) is 0.394. The van der Waals surface area contributed by atoms with Gasteiger partial charge < -0.3 is 15.1 Å². The molecule has 35 heavy (non-hydrogen) atoms. The number of aromatic amines is 1. The summed E-state index contributed by atoms with van der Waals surface area (Å²) in [5.74, 6) is 0.578. The first-order valence-corrected chi connectivity index (χ1v) is 12.0. The van der Waals surface area contributed by atoms with Crippen LogP contribution in [0.2, 0.25) is 10.0 Å². The SMILES string of the molecule is O=C(c1ccc(CNc2n[nH]c3ccccc23)cc1)N1CCN(C(=O)c2cc(Cl)ccc2Cl)CC1. The zero-order valence-corrected chi connectivity index (χ0v) is 20.3. The van der Waals surface area contributed by atoms with E-state index in [0.29, 0.717) is 53.9 Å². The van der Waals surface area contributed by atoms with Crippen molar-refractivity contribution < 1.29 is 9.59 Å². The van der Waals surface area contributed by atoms with Crippen molar-refractivity contribution >= 4 is 51.7 Å². The van der Waals surface area contributed by atoms with Gasteiger partial charge in [-0.05, 0) is 48.0 Å². The first-order chi connectivity index (χ1) is 17.0. The van der Waals surface area contributed by atoms with Gasteiger partial charge >= 0.3 is 0 Å². The molecule has 0 saturated carbocycles. The number of para-hydroxylation sites is 1. The van der Waals surface area contributed by atoms with Crippen LogP contribution in [0.25, 0.3) is 10.9 Å². The molecule has 2 amide bonds. The van der Waals surface area contributed by atoms with Crippen molar-refractivity contribution in [3.63, 3.8) is 0 Å². The molecule has 2 N–H and O–H groups in total. The molecule has 7 nitrogen and oxygen atoms in total. The maximum atomic E-state index is 13.0. The topological polar surface area (TPSA) is 81.3 Å². The van der Waals surface area contributed by atoms with Gasteiger partial charge in [0.15, 0.2) is 5.82 Å². The Hall–Kier alpha value is -3.55. The number of nitrogens with zero attached hydrogens (tertiary/aromatic N) is 3. The van der Waals surface area contributed by atoms with E-state index in [1.807, 2.05) is 48.5 Å². The van der Waals surface area contributed by atoms with E-state index in [2.05, 4.69) is 15.5 Å². The van der Waals surface area contributed by atoms with E-state index < -0.39 is 0 Å². The lowest BCUT2D eigenvalue weighted by atomic mass is 10.1. The normalized spacial score (nSPS) is 13.8. The van der Waals surface area contributed by atoms with E-state index in [4.69, 9.17) is 23.2 Å². The number of benzene rings is 3. The smallest absolute Gasteiger partial charge is 0.255 e. The third-order valence-electron chi connectivity index (χ3n) is 6.14. The Morgan fingerprint density at radius 1 is 0.886 bits per heavy atom. The average molecular weight is 508 g/mol. The Morgan fingerprint density at radius 2 is 1.57 bits per heavy atom. The van der Waals surface area contributed by atoms with Crippen LogP contribution in [0, 0.1) is 0 Å². The van der Waals surface area contributed by atoms with Crippen LogP contribution in [0.15, 0.2) is 66.7 Å². The van der Waals surface area contributed by atoms with Crippen LogP contribution in [-0.2, 0) is 6.54 Å². The largest absolute Gasteiger partial charge is 0.364 e. The molecule has 0 spiro atoms. The minimum atomic E-state index is -0.175. The van der Waals surface area contributed by atoms with Gasteiger partial charge in [-0.3, -0.25) is 14.7 Å². The van der Waals surface area contributed by atoms with Gasteiger partial charge in [0, 0.05) is 48.7 Å². The number of aromatic nitrogens is 2. The van der Waals surface area contributed by atoms with Crippen molar-refractivity contribution in [3.8, 4) is 0 Å². The van der Waals surface area contributed by atoms with Gasteiger partial charge in [-0.1, -0.05) is 47.5 Å². The molecule has 1 aromatic heterocycles. The zero-order valence-electron chi connectivity index (χ0n) is 18.8. The fourth-order valence-electron chi connectivity index (χ4n) is 4.18. The summed E-state index contributed by atoms with van der Waals surface area (Å²) in [6.45, 7) is 2.38. The molecule has 0 bridgehead atoms. The van der Waals surface area contributed by atoms with Crippen molar-refractivity contribution in [1.29, 1.82) is 0 Å². The first-order valence-electron chi connectivity index (χ1n) is 11.3. The maximum Gasteiger partial charge on any atom is 0.255 e. The Labute approximate surface area is 212 Å². The highest BCUT2D eigenvalue weighted by Crippen LogP contribution is 2.23. The zero-order chi connectivity index (χ0) is 24.4. The molecule has 4 aromatic rings. The van der Waals surface area contributed by atoms with Crippen molar-refractivity contribution in [2.24, 2.45) is 0 Å². The highest BCUT2D eigenvalue weighted by atomic mass is 35.5. The molecule has 0 unspecified atom stereocenters. The van der Waals surface area contributed by atoms with Crippen molar-refractivity contribution in [3.05, 3.63) is 93.5 Å². The molecular formula is C26H23Cl2N5O2. The number of amides is 2. The van der Waals surface area contributed by atoms with E-state index in [9.17, 15) is 9.59 Å². The van der Waals surface area contributed by atoms with Crippen LogP contribution in [0.5, 0.6) is 0 Å². The fraction of sp³-hybridized carbons (Fsp3) is 0.192. The van der Waals surface area contributed by atoms with Gasteiger partial charge in [0.05, 0.1) is 16.1 Å². The van der Waals surface area contributed by atoms with Crippen molar-refractivity contribution in [2.45, 2.75) is 6.54 Å². The molecule has 1 saturated heterocycles. The van der Waals surface area contributed by atoms with Crippen LogP contribution < -0.4 is 5.32 Å². The van der Waals surface area contributed by atoms with Crippen LogP contribution in [0.3, 0.4) is 0 Å². The second-order valence-corrected chi connectivity index (χ2v) is 9.22. The molecule has 0 radical (unpaired) electrons. The summed E-state index contributed by atoms with van der Waals surface area (Å²) in [7, 11) is 0. The number of hydrogen-bond donors (Lipinski definition) is 2. The molecular weight excluding hydrogens is 485 g/mol. The van der Waals surface area contributed by atoms with Crippen LogP contribution in [0.4, 0.5) is 5.82 Å². The molecule has 1 fully saturated rings. The number of halogens is 2. The van der Waals surface area contributed by atoms with Crippen LogP contribution in [0.1, 0.15) is 26.3 Å². The lowest BCUT2D eigenvalue weighted by Gasteiger charge is -2.35. The maximum absolute atomic E-state index is 13.0. The number of H-pyrrole nitrogens is 1. The number of rotatable bonds is 5. The lowest BCUT2D eigenvalue weighted by Crippen LogP contribution is -2.50. The molecule has 5 rings (SSSR count). The number of carbonyl (C=O) groups excluding carboxylic acids is 2. The van der Waals surface area contributed by atoms with Gasteiger partial charge in [-0.15, -0.1) is 0 Å². The van der Waals surface area contributed by atoms with Crippen molar-refractivity contribution in [2.75, 3.05) is 31.5 Å². The Morgan fingerprint density at radius 3 is 2.31 bits per heavy atom. The second kappa shape index (κ2) is 9.98. The van der Waals surface area contributed by atoms with Crippen LogP contribution >= 0.6 is 23.2 Å². The van der Waals surface area contributed by atoms with Gasteiger partial charge in [-0.25, -0.2) is 0 Å². The molecule has 0 aliphatic carbocycles. The predicted molar refractivity (Wildman–Crippen MR) is 138 cm³/mol. The van der Waals surface area contributed by atoms with Gasteiger partial charge in [0.25, 0.3) is 11.8 Å². The summed E-state index contributed by atoms with van der Waals surface area (Å²) >= 11 is 12.2. The summed E-state index contributed by atoms with van der Waals surface area (Å²) in [5, 5.41) is 12.5. The second-order valence-electron chi connectivity index (χ2n) is 8.38. The molecule has 3 aromatic carbocycles. The minimum absolute atomic E-state index is 0.0457. The third-order valence-corrected chi connectivity index (χ3v) is 6.71. The van der Waals surface area contributed by atoms with E-state index in [1.165, 1.54) is 0 Å². The van der Waals surface area contributed by atoms with E-state index in [0.717, 1.165) is 22.3 Å². The first kappa shape index (κ1) is 23.2. The summed E-state index contributed by atoms with van der Waals surface area (Å²) < 4.78 is 0. The fourth-order valence-corrected chi connectivity index (χ4v) is 4.55. The van der Waals surface area contributed by atoms with E-state index in [1.54, 1.807) is 28.0 Å². The molecule has 2 heterocycles. The highest BCUT2D eigenvalue weighted by molar-refractivity contribution is 6.35. The Balaban J connectivity index is 1.17. The standard InChI is InChI=1S/C26H23Cl2N5O2/c27-19-9-10-22(28)21(15-19)26(35)33-13-11-32(12-14-33)25(34)18-7-5-17(6-8-18)16-29-24-20-3-1-2-4-23(20)30-31-24/h1-10,15H,11-14,16H2,(H2,29,30,31). The summed E-state index contributed by atoms with van der Waals surface area (Å²) in [5.41, 5.74) is 3.03. The average Bonchev–Trinajstić information content (AvgIpc) is 3.31. The Bertz CT molecular complexity index is 1380. The van der Waals surface area contributed by atoms with Crippen molar-refractivity contribution in [1.82, 2.24) is 20.0 Å². The summed E-state index contributed by atoms with van der Waals surface area (Å²) in [6.07, 6.45) is 0. The molecule has 0 atom stereocenters. The van der Waals surface area contributed by atoms with Gasteiger partial charge in [0.2, 0.25) is 0 Å². The van der Waals surface area contributed by atoms with Gasteiger partial charge in [0.1, 0.15) is 0 Å². The number of fused-ring (bicyclic) bond motifs is 1. The lowest BCUT2D eigenvalue weighted by molar-refractivity contribution is 0.0535. The molecule has 1 aliphatic rings. The van der Waals surface area contributed by atoms with Gasteiger partial charge in [-0.2, -0.15) is 5.10 Å². The monoisotopic (exact) mass is 507 g/mol. The molecule has 1 aliphatic heterocycles. The predicted octanol–water partition coefficient (Wildman–Crippen LogP) is 5.08. The summed E-state index contributed by atoms with van der Waals surface area (Å²) in [6, 6.07) is 20.3. The number of carbonyl (C=O) groups is 2. The number of anilines is 1. The highest BCUT2D eigenvalue weighted by Gasteiger charge is 2.26. The minimum Gasteiger partial charge on any atom is -0.364 e. The third kappa shape index (κ3) is 4.97. The summed E-state index contributed by atoms with van der Waals surface area (Å²) in [4.78, 5) is 29.3. The van der Waals surface area contributed by atoms with Crippen LogP contribution in [-0.4, -0.2) is 58.0 Å². The molecule has 178 valence electrons.